The Morgan fingerprint density at radius 2 is 1.96 bits per heavy atom. The van der Waals surface area contributed by atoms with E-state index >= 15 is 0 Å². The molecule has 0 heterocycles. The van der Waals surface area contributed by atoms with Crippen LogP contribution in [0.15, 0.2) is 11.6 Å². The lowest BCUT2D eigenvalue weighted by Crippen LogP contribution is -2.51. The summed E-state index contributed by atoms with van der Waals surface area (Å²) < 4.78 is 5.51. The second-order valence-electron chi connectivity index (χ2n) is 9.37. The molecule has 3 heteroatoms. The van der Waals surface area contributed by atoms with E-state index in [4.69, 9.17) is 4.74 Å². The highest BCUT2D eigenvalue weighted by Gasteiger charge is 2.58. The number of esters is 1. The Hall–Kier alpha value is -0.830. The van der Waals surface area contributed by atoms with Gasteiger partial charge in [-0.15, -0.1) is 0 Å². The minimum absolute atomic E-state index is 0.0838. The number of carbonyl (C=O) groups excluding carboxylic acids is 1. The molecule has 0 unspecified atom stereocenters. The van der Waals surface area contributed by atoms with Crippen LogP contribution in [0.1, 0.15) is 72.1 Å². The lowest BCUT2D eigenvalue weighted by molar-refractivity contribution is -0.148. The Kier molecular flexibility index (Phi) is 3.87. The van der Waals surface area contributed by atoms with Crippen LogP contribution in [0.5, 0.6) is 0 Å². The van der Waals surface area contributed by atoms with E-state index in [1.807, 2.05) is 0 Å². The molecule has 4 aliphatic rings. The van der Waals surface area contributed by atoms with E-state index < -0.39 is 0 Å². The van der Waals surface area contributed by atoms with Crippen molar-refractivity contribution in [3.05, 3.63) is 11.6 Å². The third-order valence-electron chi connectivity index (χ3n) is 8.34. The monoisotopic (exact) mass is 332 g/mol. The highest BCUT2D eigenvalue weighted by atomic mass is 16.5. The van der Waals surface area contributed by atoms with E-state index in [0.717, 1.165) is 43.9 Å². The maximum Gasteiger partial charge on any atom is 0.302 e. The van der Waals surface area contributed by atoms with Crippen molar-refractivity contribution in [2.24, 2.45) is 28.6 Å². The zero-order valence-corrected chi connectivity index (χ0v) is 15.4. The Morgan fingerprint density at radius 3 is 2.71 bits per heavy atom. The highest BCUT2D eigenvalue weighted by Crippen LogP contribution is 2.64. The minimum atomic E-state index is -0.147. The fourth-order valence-electron chi connectivity index (χ4n) is 6.94. The molecule has 134 valence electrons. The third-order valence-corrected chi connectivity index (χ3v) is 8.34. The van der Waals surface area contributed by atoms with Crippen LogP contribution < -0.4 is 0 Å². The van der Waals surface area contributed by atoms with Crippen molar-refractivity contribution in [1.82, 2.24) is 0 Å². The summed E-state index contributed by atoms with van der Waals surface area (Å²) in [6.07, 6.45) is 11.3. The number of allylic oxidation sites excluding steroid dienone is 1. The topological polar surface area (TPSA) is 46.5 Å². The van der Waals surface area contributed by atoms with Gasteiger partial charge in [0.15, 0.2) is 0 Å². The van der Waals surface area contributed by atoms with Gasteiger partial charge in [-0.1, -0.05) is 25.5 Å². The number of aliphatic hydroxyl groups is 1. The van der Waals surface area contributed by atoms with E-state index in [-0.39, 0.29) is 29.0 Å². The first-order valence-corrected chi connectivity index (χ1v) is 9.89. The van der Waals surface area contributed by atoms with Crippen molar-refractivity contribution in [2.75, 3.05) is 0 Å². The Bertz CT molecular complexity index is 567. The van der Waals surface area contributed by atoms with Crippen LogP contribution in [0.2, 0.25) is 0 Å². The van der Waals surface area contributed by atoms with Gasteiger partial charge < -0.3 is 9.84 Å². The highest BCUT2D eigenvalue weighted by molar-refractivity contribution is 5.66. The normalized spacial score (nSPS) is 50.3. The van der Waals surface area contributed by atoms with E-state index in [1.54, 1.807) is 5.57 Å². The number of aliphatic hydroxyl groups excluding tert-OH is 1. The lowest BCUT2D eigenvalue weighted by atomic mass is 9.48. The van der Waals surface area contributed by atoms with Crippen LogP contribution in [0.3, 0.4) is 0 Å². The standard InChI is InChI=1S/C21H32O3/c1-13(22)24-15-8-10-20(2)14(12-15)4-5-16-17-6-7-19(23)21(17,3)11-9-18(16)20/h4,15-19,23H,5-12H2,1-3H3/t15-,16+,17+,18+,19-,20-,21+/m0/s1. The Morgan fingerprint density at radius 1 is 1.17 bits per heavy atom. The van der Waals surface area contributed by atoms with E-state index in [9.17, 15) is 9.90 Å². The van der Waals surface area contributed by atoms with Gasteiger partial charge in [-0.05, 0) is 73.5 Å². The molecule has 0 spiro atoms. The molecular formula is C21H32O3. The molecule has 3 fully saturated rings. The van der Waals surface area contributed by atoms with Gasteiger partial charge in [0, 0.05) is 13.3 Å². The summed E-state index contributed by atoms with van der Waals surface area (Å²) in [5, 5.41) is 10.5. The minimum Gasteiger partial charge on any atom is -0.462 e. The van der Waals surface area contributed by atoms with Crippen LogP contribution in [0.4, 0.5) is 0 Å². The van der Waals surface area contributed by atoms with Gasteiger partial charge in [-0.2, -0.15) is 0 Å². The van der Waals surface area contributed by atoms with Crippen LogP contribution in [-0.2, 0) is 9.53 Å². The van der Waals surface area contributed by atoms with Gasteiger partial charge in [-0.25, -0.2) is 0 Å². The number of rotatable bonds is 1. The van der Waals surface area contributed by atoms with Crippen molar-refractivity contribution in [2.45, 2.75) is 84.3 Å². The molecule has 0 aliphatic heterocycles. The molecule has 1 N–H and O–H groups in total. The molecule has 0 saturated heterocycles. The van der Waals surface area contributed by atoms with Gasteiger partial charge >= 0.3 is 5.97 Å². The first-order chi connectivity index (χ1) is 11.3. The predicted molar refractivity (Wildman–Crippen MR) is 93.3 cm³/mol. The zero-order valence-electron chi connectivity index (χ0n) is 15.4. The zero-order chi connectivity index (χ0) is 17.1. The SMILES string of the molecule is CC(=O)O[C@H]1CC[C@@]2(C)C(=CC[C@@H]3[C@H]4CC[C@H](O)[C@]4(C)CC[C@H]32)C1. The quantitative estimate of drug-likeness (QED) is 0.577. The second-order valence-corrected chi connectivity index (χ2v) is 9.37. The molecule has 4 rings (SSSR count). The number of hydrogen-bond acceptors (Lipinski definition) is 3. The fourth-order valence-corrected chi connectivity index (χ4v) is 6.94. The lowest BCUT2D eigenvalue weighted by Gasteiger charge is -2.57. The molecule has 0 bridgehead atoms. The van der Waals surface area contributed by atoms with Gasteiger partial charge in [0.2, 0.25) is 0 Å². The number of fused-ring (bicyclic) bond motifs is 5. The number of carbonyl (C=O) groups is 1. The van der Waals surface area contributed by atoms with Crippen molar-refractivity contribution >= 4 is 5.97 Å². The molecule has 0 aromatic rings. The summed E-state index contributed by atoms with van der Waals surface area (Å²) in [4.78, 5) is 11.3. The average Bonchev–Trinajstić information content (AvgIpc) is 2.83. The fraction of sp³-hybridized carbons (Fsp3) is 0.857. The maximum atomic E-state index is 11.3. The molecule has 0 amide bonds. The third kappa shape index (κ3) is 2.30. The largest absolute Gasteiger partial charge is 0.462 e. The second kappa shape index (κ2) is 5.59. The first kappa shape index (κ1) is 16.6. The molecule has 24 heavy (non-hydrogen) atoms. The van der Waals surface area contributed by atoms with Crippen molar-refractivity contribution in [3.63, 3.8) is 0 Å². The summed E-state index contributed by atoms with van der Waals surface area (Å²) in [6, 6.07) is 0. The van der Waals surface area contributed by atoms with Crippen molar-refractivity contribution < 1.29 is 14.6 Å². The summed E-state index contributed by atoms with van der Waals surface area (Å²) in [6.45, 7) is 6.32. The number of ether oxygens (including phenoxy) is 1. The van der Waals surface area contributed by atoms with Crippen molar-refractivity contribution in [3.8, 4) is 0 Å². The van der Waals surface area contributed by atoms with Crippen LogP contribution in [0.25, 0.3) is 0 Å². The van der Waals surface area contributed by atoms with Crippen molar-refractivity contribution in [1.29, 1.82) is 0 Å². The van der Waals surface area contributed by atoms with Gasteiger partial charge in [0.05, 0.1) is 6.10 Å². The molecular weight excluding hydrogens is 300 g/mol. The average molecular weight is 332 g/mol. The molecule has 0 aromatic carbocycles. The Balaban J connectivity index is 1.59. The van der Waals surface area contributed by atoms with E-state index in [2.05, 4.69) is 19.9 Å². The summed E-state index contributed by atoms with van der Waals surface area (Å²) in [5.41, 5.74) is 1.98. The molecule has 4 aliphatic carbocycles. The molecule has 3 saturated carbocycles. The smallest absolute Gasteiger partial charge is 0.302 e. The molecule has 3 nitrogen and oxygen atoms in total. The van der Waals surface area contributed by atoms with Crippen LogP contribution in [0, 0.1) is 28.6 Å². The van der Waals surface area contributed by atoms with Gasteiger partial charge in [0.25, 0.3) is 0 Å². The summed E-state index contributed by atoms with van der Waals surface area (Å²) in [7, 11) is 0. The summed E-state index contributed by atoms with van der Waals surface area (Å²) in [5.74, 6) is 2.03. The van der Waals surface area contributed by atoms with E-state index in [1.165, 1.54) is 26.2 Å². The molecule has 0 radical (unpaired) electrons. The predicted octanol–water partition coefficient (Wildman–Crippen LogP) is 4.24. The van der Waals surface area contributed by atoms with Gasteiger partial charge in [-0.3, -0.25) is 4.79 Å². The maximum absolute atomic E-state index is 11.3. The van der Waals surface area contributed by atoms with E-state index in [0.29, 0.717) is 5.92 Å². The first-order valence-electron chi connectivity index (χ1n) is 9.89. The van der Waals surface area contributed by atoms with Crippen LogP contribution >= 0.6 is 0 Å². The van der Waals surface area contributed by atoms with Crippen LogP contribution in [-0.4, -0.2) is 23.3 Å². The summed E-state index contributed by atoms with van der Waals surface area (Å²) >= 11 is 0. The van der Waals surface area contributed by atoms with Gasteiger partial charge in [0.1, 0.15) is 6.10 Å². The number of hydrogen-bond donors (Lipinski definition) is 1. The Labute approximate surface area is 145 Å². The molecule has 7 atom stereocenters. The molecule has 0 aromatic heterocycles.